The number of ether oxygens (including phenoxy) is 1. The Labute approximate surface area is 150 Å². The molecule has 1 heterocycles. The normalized spacial score (nSPS) is 10.8. The van der Waals surface area contributed by atoms with Crippen molar-refractivity contribution in [1.29, 1.82) is 0 Å². The van der Waals surface area contributed by atoms with E-state index in [2.05, 4.69) is 24.0 Å². The Kier molecular flexibility index (Phi) is 7.97. The summed E-state index contributed by atoms with van der Waals surface area (Å²) in [5.41, 5.74) is 2.29. The molecule has 0 amide bonds. The number of hydrogen-bond acceptors (Lipinski definition) is 4. The molecule has 2 aromatic rings. The monoisotopic (exact) mass is 368 g/mol. The van der Waals surface area contributed by atoms with Gasteiger partial charge in [-0.3, -0.25) is 0 Å². The number of H-pyrrole nitrogens is 1. The first-order chi connectivity index (χ1) is 11.8. The van der Waals surface area contributed by atoms with Gasteiger partial charge in [-0.1, -0.05) is 11.6 Å². The van der Waals surface area contributed by atoms with Gasteiger partial charge in [0.25, 0.3) is 0 Å². The molecule has 8 heteroatoms. The number of aliphatic carboxylic acids is 2. The van der Waals surface area contributed by atoms with Crippen molar-refractivity contribution in [2.24, 2.45) is 0 Å². The number of aromatic nitrogens is 1. The third-order valence-corrected chi connectivity index (χ3v) is 3.62. The highest BCUT2D eigenvalue weighted by Gasteiger charge is 2.11. The van der Waals surface area contributed by atoms with Crippen molar-refractivity contribution in [3.05, 3.63) is 41.1 Å². The lowest BCUT2D eigenvalue weighted by Crippen LogP contribution is -2.14. The number of aromatic amines is 1. The summed E-state index contributed by atoms with van der Waals surface area (Å²) in [6.07, 6.45) is 4.12. The van der Waals surface area contributed by atoms with Crippen LogP contribution in [0.2, 0.25) is 5.02 Å². The van der Waals surface area contributed by atoms with Crippen LogP contribution in [0.1, 0.15) is 5.56 Å². The molecular weight excluding hydrogens is 348 g/mol. The minimum atomic E-state index is -1.26. The van der Waals surface area contributed by atoms with Crippen molar-refractivity contribution < 1.29 is 24.5 Å². The van der Waals surface area contributed by atoms with Gasteiger partial charge in [0.1, 0.15) is 5.75 Å². The molecule has 1 aromatic carbocycles. The Morgan fingerprint density at radius 2 is 1.84 bits per heavy atom. The van der Waals surface area contributed by atoms with Crippen molar-refractivity contribution in [2.75, 3.05) is 27.7 Å². The van der Waals surface area contributed by atoms with Crippen LogP contribution in [0.15, 0.2) is 30.5 Å². The number of benzene rings is 1. The predicted molar refractivity (Wildman–Crippen MR) is 96.5 cm³/mol. The van der Waals surface area contributed by atoms with Crippen molar-refractivity contribution in [2.45, 2.75) is 6.42 Å². The lowest BCUT2D eigenvalue weighted by molar-refractivity contribution is -0.134. The molecule has 0 fully saturated rings. The second-order valence-electron chi connectivity index (χ2n) is 5.38. The SMILES string of the molecule is COc1ccc2[nH]cc(CCN(C)C)c2c1Cl.O=C(O)C=CC(=O)O. The first kappa shape index (κ1) is 20.5. The Morgan fingerprint density at radius 1 is 1.24 bits per heavy atom. The predicted octanol–water partition coefficient (Wildman–Crippen LogP) is 2.65. The van der Waals surface area contributed by atoms with E-state index in [0.29, 0.717) is 17.2 Å². The minimum absolute atomic E-state index is 0.558. The molecule has 0 spiro atoms. The number of carboxylic acids is 2. The topological polar surface area (TPSA) is 103 Å². The van der Waals surface area contributed by atoms with E-state index in [0.717, 1.165) is 29.6 Å². The van der Waals surface area contributed by atoms with Crippen molar-refractivity contribution in [3.63, 3.8) is 0 Å². The van der Waals surface area contributed by atoms with E-state index in [1.54, 1.807) is 7.11 Å². The van der Waals surface area contributed by atoms with Gasteiger partial charge in [-0.2, -0.15) is 0 Å². The minimum Gasteiger partial charge on any atom is -0.495 e. The molecule has 136 valence electrons. The Bertz CT molecular complexity index is 752. The number of carboxylic acid groups (broad SMARTS) is 2. The fraction of sp³-hybridized carbons (Fsp3) is 0.294. The number of rotatable bonds is 6. The van der Waals surface area contributed by atoms with E-state index >= 15 is 0 Å². The fourth-order valence-electron chi connectivity index (χ4n) is 2.07. The van der Waals surface area contributed by atoms with Gasteiger partial charge < -0.3 is 24.8 Å². The second kappa shape index (κ2) is 9.71. The number of methoxy groups -OCH3 is 1. The summed E-state index contributed by atoms with van der Waals surface area (Å²) in [5, 5.41) is 17.4. The zero-order valence-electron chi connectivity index (χ0n) is 14.2. The van der Waals surface area contributed by atoms with Crippen LogP contribution in [0.5, 0.6) is 5.75 Å². The van der Waals surface area contributed by atoms with Crippen molar-refractivity contribution in [3.8, 4) is 5.75 Å². The van der Waals surface area contributed by atoms with Crippen LogP contribution in [0.3, 0.4) is 0 Å². The van der Waals surface area contributed by atoms with Gasteiger partial charge in [0.05, 0.1) is 12.1 Å². The van der Waals surface area contributed by atoms with Crippen LogP contribution in [-0.4, -0.2) is 59.8 Å². The maximum atomic E-state index is 9.55. The van der Waals surface area contributed by atoms with Crippen LogP contribution < -0.4 is 4.74 Å². The smallest absolute Gasteiger partial charge is 0.328 e. The summed E-state index contributed by atoms with van der Waals surface area (Å²) in [6.45, 7) is 1.00. The summed E-state index contributed by atoms with van der Waals surface area (Å²) >= 11 is 6.34. The molecule has 0 unspecified atom stereocenters. The summed E-state index contributed by atoms with van der Waals surface area (Å²) in [5.74, 6) is -1.79. The summed E-state index contributed by atoms with van der Waals surface area (Å²) in [7, 11) is 5.77. The largest absolute Gasteiger partial charge is 0.495 e. The van der Waals surface area contributed by atoms with Crippen LogP contribution in [0, 0.1) is 0 Å². The molecule has 3 N–H and O–H groups in total. The third-order valence-electron chi connectivity index (χ3n) is 3.25. The molecule has 0 saturated heterocycles. The summed E-state index contributed by atoms with van der Waals surface area (Å²) < 4.78 is 5.25. The molecule has 0 bridgehead atoms. The Morgan fingerprint density at radius 3 is 2.32 bits per heavy atom. The second-order valence-corrected chi connectivity index (χ2v) is 5.76. The van der Waals surface area contributed by atoms with Gasteiger partial charge in [0.2, 0.25) is 0 Å². The summed E-state index contributed by atoms with van der Waals surface area (Å²) in [6, 6.07) is 3.89. The number of fused-ring (bicyclic) bond motifs is 1. The number of nitrogens with one attached hydrogen (secondary N) is 1. The number of hydrogen-bond donors (Lipinski definition) is 3. The molecule has 0 aliphatic heterocycles. The van der Waals surface area contributed by atoms with Gasteiger partial charge in [0.15, 0.2) is 0 Å². The molecule has 0 atom stereocenters. The van der Waals surface area contributed by atoms with Crippen LogP contribution >= 0.6 is 11.6 Å². The molecule has 0 saturated carbocycles. The number of halogens is 1. The van der Waals surface area contributed by atoms with E-state index in [-0.39, 0.29) is 0 Å². The van der Waals surface area contributed by atoms with Crippen molar-refractivity contribution in [1.82, 2.24) is 9.88 Å². The van der Waals surface area contributed by atoms with Gasteiger partial charge in [0, 0.05) is 35.8 Å². The van der Waals surface area contributed by atoms with E-state index in [9.17, 15) is 9.59 Å². The van der Waals surface area contributed by atoms with Crippen LogP contribution in [0.25, 0.3) is 10.9 Å². The van der Waals surface area contributed by atoms with Crippen molar-refractivity contribution >= 4 is 34.4 Å². The molecule has 0 aliphatic carbocycles. The zero-order chi connectivity index (χ0) is 19.0. The van der Waals surface area contributed by atoms with Gasteiger partial charge in [-0.25, -0.2) is 9.59 Å². The van der Waals surface area contributed by atoms with Gasteiger partial charge >= 0.3 is 11.9 Å². The first-order valence-corrected chi connectivity index (χ1v) is 7.75. The maximum Gasteiger partial charge on any atom is 0.328 e. The average molecular weight is 369 g/mol. The molecule has 1 aromatic heterocycles. The molecule has 7 nitrogen and oxygen atoms in total. The third kappa shape index (κ3) is 6.48. The maximum absolute atomic E-state index is 9.55. The number of likely N-dealkylation sites (N-methyl/N-ethyl adjacent to an activating group) is 1. The van der Waals surface area contributed by atoms with Gasteiger partial charge in [-0.05, 0) is 38.2 Å². The Balaban J connectivity index is 0.000000333. The molecule has 0 aliphatic rings. The van der Waals surface area contributed by atoms with E-state index in [1.807, 2.05) is 18.3 Å². The molecule has 0 radical (unpaired) electrons. The van der Waals surface area contributed by atoms with Gasteiger partial charge in [-0.15, -0.1) is 0 Å². The summed E-state index contributed by atoms with van der Waals surface area (Å²) in [4.78, 5) is 24.5. The van der Waals surface area contributed by atoms with E-state index < -0.39 is 11.9 Å². The quantitative estimate of drug-likeness (QED) is 0.677. The molecule has 25 heavy (non-hydrogen) atoms. The molecular formula is C17H21ClN2O5. The van der Waals surface area contributed by atoms with Crippen LogP contribution in [-0.2, 0) is 16.0 Å². The zero-order valence-corrected chi connectivity index (χ0v) is 15.0. The molecule has 2 rings (SSSR count). The Hall–Kier alpha value is -2.51. The van der Waals surface area contributed by atoms with E-state index in [4.69, 9.17) is 26.6 Å². The van der Waals surface area contributed by atoms with E-state index in [1.165, 1.54) is 5.56 Å². The average Bonchev–Trinajstić information content (AvgIpc) is 2.96. The fourth-order valence-corrected chi connectivity index (χ4v) is 2.43. The number of carbonyl (C=O) groups is 2. The number of nitrogens with zero attached hydrogens (tertiary/aromatic N) is 1. The first-order valence-electron chi connectivity index (χ1n) is 7.37. The van der Waals surface area contributed by atoms with Crippen LogP contribution in [0.4, 0.5) is 0 Å². The highest BCUT2D eigenvalue weighted by molar-refractivity contribution is 6.37. The highest BCUT2D eigenvalue weighted by Crippen LogP contribution is 2.34. The highest BCUT2D eigenvalue weighted by atomic mass is 35.5. The standard InChI is InChI=1S/C13H17ClN2O.C4H4O4/c1-16(2)7-6-9-8-15-10-4-5-11(17-3)13(14)12(9)10;5-3(6)1-2-4(7)8/h4-5,8,15H,6-7H2,1-3H3;1-2H,(H,5,6)(H,7,8). The lowest BCUT2D eigenvalue weighted by Gasteiger charge is -2.09. The lowest BCUT2D eigenvalue weighted by atomic mass is 10.1.